The normalized spacial score (nSPS) is 31.8. The van der Waals surface area contributed by atoms with Gasteiger partial charge in [0.2, 0.25) is 0 Å². The molecule has 12 unspecified atom stereocenters. The third kappa shape index (κ3) is 37.4. The molecule has 0 aliphatic carbocycles. The van der Waals surface area contributed by atoms with Gasteiger partial charge >= 0.3 is 23.9 Å². The number of carbonyl (C=O) groups excluding carboxylic acids is 4. The molecule has 24 atom stereocenters. The molecule has 100 heavy (non-hydrogen) atoms. The van der Waals surface area contributed by atoms with Gasteiger partial charge in [-0.3, -0.25) is 9.59 Å². The number of allylic oxidation sites excluding steroid dienone is 2. The Morgan fingerprint density at radius 1 is 0.330 bits per heavy atom. The fourth-order valence-corrected chi connectivity index (χ4v) is 9.79. The molecule has 32 nitrogen and oxygen atoms in total. The van der Waals surface area contributed by atoms with Gasteiger partial charge in [0.15, 0.2) is 25.2 Å². The van der Waals surface area contributed by atoms with Crippen LogP contribution in [0.1, 0.15) is 188 Å². The minimum Gasteiger partial charge on any atom is -0.460 e. The number of hydrogen-bond donors (Lipinski definition) is 16. The number of hydrogen-bond acceptors (Lipinski definition) is 32. The van der Waals surface area contributed by atoms with Crippen molar-refractivity contribution < 1.29 is 158 Å². The molecule has 16 N–H and O–H groups in total. The second kappa shape index (κ2) is 45.7. The van der Waals surface area contributed by atoms with Crippen molar-refractivity contribution in [3.05, 3.63) is 24.3 Å². The Morgan fingerprint density at radius 2 is 0.550 bits per heavy atom. The zero-order valence-corrected chi connectivity index (χ0v) is 61.2. The van der Waals surface area contributed by atoms with E-state index in [9.17, 15) is 80.5 Å². The van der Waals surface area contributed by atoms with E-state index in [1.807, 2.05) is 41.5 Å². The lowest BCUT2D eigenvalue weighted by molar-refractivity contribution is -0.310. The Morgan fingerprint density at radius 3 is 0.760 bits per heavy atom. The molecule has 0 aromatic rings. The first-order valence-electron chi connectivity index (χ1n) is 34.3. The van der Waals surface area contributed by atoms with E-state index in [1.54, 1.807) is 81.4 Å². The number of esters is 4. The zero-order chi connectivity index (χ0) is 76.8. The van der Waals surface area contributed by atoms with Gasteiger partial charge in [-0.05, 0) is 162 Å². The lowest BCUT2D eigenvalue weighted by Gasteiger charge is -2.40. The highest BCUT2D eigenvalue weighted by molar-refractivity contribution is 5.82. The number of ether oxygens (including phenoxy) is 12. The molecule has 0 bridgehead atoms. The Bertz CT molecular complexity index is 2170. The number of unbranched alkanes of at least 4 members (excludes halogenated alkanes) is 2. The van der Waals surface area contributed by atoms with Crippen molar-refractivity contribution in [3.8, 4) is 0 Å². The molecule has 0 aromatic heterocycles. The monoisotopic (exact) mass is 1450 g/mol. The van der Waals surface area contributed by atoms with Crippen molar-refractivity contribution in [3.63, 3.8) is 0 Å². The van der Waals surface area contributed by atoms with Crippen LogP contribution < -0.4 is 0 Å². The topological polar surface area (TPSA) is 503 Å². The number of aliphatic hydroxyl groups excluding tert-OH is 16. The van der Waals surface area contributed by atoms with Gasteiger partial charge in [-0.25, -0.2) is 9.59 Å². The maximum atomic E-state index is 11.6. The lowest BCUT2D eigenvalue weighted by atomic mass is 9.99. The summed E-state index contributed by atoms with van der Waals surface area (Å²) in [7, 11) is 0. The maximum absolute atomic E-state index is 11.6. The molecule has 588 valence electrons. The third-order valence-electron chi connectivity index (χ3n) is 15.0. The molecule has 0 spiro atoms. The summed E-state index contributed by atoms with van der Waals surface area (Å²) in [6.45, 7) is 26.7. The lowest BCUT2D eigenvalue weighted by Crippen LogP contribution is -2.59. The van der Waals surface area contributed by atoms with E-state index in [4.69, 9.17) is 77.3 Å². The predicted molar refractivity (Wildman–Crippen MR) is 354 cm³/mol. The molecular formula is C68H124O32. The van der Waals surface area contributed by atoms with Gasteiger partial charge in [-0.2, -0.15) is 0 Å². The molecule has 4 rings (SSSR count). The van der Waals surface area contributed by atoms with Crippen molar-refractivity contribution in [2.24, 2.45) is 0 Å². The summed E-state index contributed by atoms with van der Waals surface area (Å²) in [4.78, 5) is 46.3. The van der Waals surface area contributed by atoms with Crippen molar-refractivity contribution in [1.29, 1.82) is 0 Å². The van der Waals surface area contributed by atoms with Gasteiger partial charge < -0.3 is 139 Å². The Balaban J connectivity index is 0.000000667. The fourth-order valence-electron chi connectivity index (χ4n) is 9.79. The summed E-state index contributed by atoms with van der Waals surface area (Å²) >= 11 is 0. The minimum atomic E-state index is -1.46. The Kier molecular flexibility index (Phi) is 43.1. The molecule has 0 amide bonds. The molecule has 0 saturated carbocycles. The third-order valence-corrected chi connectivity index (χ3v) is 15.0. The van der Waals surface area contributed by atoms with Crippen LogP contribution in [0.25, 0.3) is 0 Å². The van der Waals surface area contributed by atoms with Crippen molar-refractivity contribution in [2.75, 3.05) is 26.4 Å². The van der Waals surface area contributed by atoms with Crippen LogP contribution in [0.15, 0.2) is 24.3 Å². The van der Waals surface area contributed by atoms with E-state index in [0.717, 1.165) is 12.8 Å². The molecule has 4 fully saturated rings. The first kappa shape index (κ1) is 94.4. The van der Waals surface area contributed by atoms with E-state index >= 15 is 0 Å². The van der Waals surface area contributed by atoms with Gasteiger partial charge in [0.25, 0.3) is 0 Å². The van der Waals surface area contributed by atoms with Crippen molar-refractivity contribution in [1.82, 2.24) is 0 Å². The summed E-state index contributed by atoms with van der Waals surface area (Å²) in [6.07, 6.45) is -14.0. The number of rotatable bonds is 30. The number of carbonyl (C=O) groups is 4. The Hall–Kier alpha value is -3.60. The number of aliphatic hydroxyl groups is 16. The molecule has 32 heteroatoms. The molecule has 4 heterocycles. The minimum absolute atomic E-state index is 0.241. The smallest absolute Gasteiger partial charge is 0.330 e. The Labute approximate surface area is 588 Å². The molecule has 4 aliphatic rings. The van der Waals surface area contributed by atoms with E-state index in [-0.39, 0.29) is 36.4 Å². The highest BCUT2D eigenvalue weighted by Crippen LogP contribution is 2.29. The van der Waals surface area contributed by atoms with Crippen molar-refractivity contribution >= 4 is 23.9 Å². The maximum Gasteiger partial charge on any atom is 0.330 e. The summed E-state index contributed by atoms with van der Waals surface area (Å²) in [6, 6.07) is 0. The van der Waals surface area contributed by atoms with Crippen LogP contribution in [-0.4, -0.2) is 302 Å². The van der Waals surface area contributed by atoms with Crippen LogP contribution in [-0.2, 0) is 76.0 Å². The van der Waals surface area contributed by atoms with Crippen LogP contribution >= 0.6 is 0 Å². The highest BCUT2D eigenvalue weighted by Gasteiger charge is 2.48. The van der Waals surface area contributed by atoms with Crippen LogP contribution in [0.2, 0.25) is 0 Å². The zero-order valence-electron chi connectivity index (χ0n) is 61.2. The van der Waals surface area contributed by atoms with Crippen LogP contribution in [0, 0.1) is 0 Å². The van der Waals surface area contributed by atoms with E-state index < -0.39 is 184 Å². The fraction of sp³-hybridized carbons (Fsp3) is 0.882. The second-order valence-corrected chi connectivity index (χ2v) is 29.3. The average Bonchev–Trinajstić information content (AvgIpc) is 0.838. The van der Waals surface area contributed by atoms with Crippen LogP contribution in [0.5, 0.6) is 0 Å². The molecule has 0 aromatic carbocycles. The van der Waals surface area contributed by atoms with Gasteiger partial charge in [0.05, 0.1) is 50.8 Å². The van der Waals surface area contributed by atoms with Gasteiger partial charge in [0, 0.05) is 25.0 Å². The van der Waals surface area contributed by atoms with Gasteiger partial charge in [-0.1, -0.05) is 25.0 Å². The van der Waals surface area contributed by atoms with Crippen LogP contribution in [0.4, 0.5) is 0 Å². The summed E-state index contributed by atoms with van der Waals surface area (Å²) in [5.74, 6) is -1.32. The molecule has 0 radical (unpaired) electrons. The second-order valence-electron chi connectivity index (χ2n) is 29.3. The summed E-state index contributed by atoms with van der Waals surface area (Å²) in [5.41, 5.74) is -2.06. The standard InChI is InChI=1S/2C17H32O8.2C17H30O8/c4*1-10(7-5-6-8-12(19)25-17(2,3)4)23-16-15(22)14(21)13(20)11(9-18)24-16/h2*10-11,13-16,18,20-22H,5-9H2,1-4H3;2*6,8,10-11,13-16,18,20-22H,5,7,9H2,1-4H3/b;;2*8-6+/t10?,11?,13-,14?,15+,16+;10?,11?,13-,14?,15+,16-;10?,11?,13-,14?,15+,16+;10?,11?,13-,14?,15+,16-/m1111/s1. The summed E-state index contributed by atoms with van der Waals surface area (Å²) in [5, 5.41) is 154. The van der Waals surface area contributed by atoms with Crippen LogP contribution in [0.3, 0.4) is 0 Å². The van der Waals surface area contributed by atoms with E-state index in [1.165, 1.54) is 12.2 Å². The van der Waals surface area contributed by atoms with Crippen molar-refractivity contribution in [2.45, 2.75) is 357 Å². The van der Waals surface area contributed by atoms with Gasteiger partial charge in [-0.15, -0.1) is 0 Å². The average molecular weight is 1450 g/mol. The largest absolute Gasteiger partial charge is 0.460 e. The summed E-state index contributed by atoms with van der Waals surface area (Å²) < 4.78 is 64.1. The predicted octanol–water partition coefficient (Wildman–Crippen LogP) is -0.0740. The molecule has 4 saturated heterocycles. The first-order chi connectivity index (χ1) is 46.2. The molecular weight excluding hydrogens is 1330 g/mol. The molecule has 4 aliphatic heterocycles. The van der Waals surface area contributed by atoms with E-state index in [2.05, 4.69) is 0 Å². The van der Waals surface area contributed by atoms with Gasteiger partial charge in [0.1, 0.15) is 120 Å². The van der Waals surface area contributed by atoms with E-state index in [0.29, 0.717) is 64.2 Å². The first-order valence-corrected chi connectivity index (χ1v) is 34.3. The quantitative estimate of drug-likeness (QED) is 0.0194. The highest BCUT2D eigenvalue weighted by atomic mass is 16.7. The SMILES string of the molecule is CC(CC/C=C/C(=O)OC(C)(C)C)O[C@@H]1OC(CO)[C@@H](O)C(O)[C@@H]1O.CC(CC/C=C/C(=O)OC(C)(C)C)O[C@H]1OC(CO)[C@@H](O)C(O)[C@@H]1O.CC(CCCCC(=O)OC(C)(C)C)O[C@@H]1OC(CO)[C@@H](O)C(O)[C@@H]1O.CC(CCCCC(=O)OC(C)(C)C)O[C@H]1OC(CO)[C@@H](O)C(O)[C@@H]1O.